The van der Waals surface area contributed by atoms with E-state index in [1.165, 1.54) is 25.7 Å². The number of rotatable bonds is 6. The second-order valence-corrected chi connectivity index (χ2v) is 4.06. The molecule has 0 bridgehead atoms. The van der Waals surface area contributed by atoms with Crippen LogP contribution in [-0.4, -0.2) is 0 Å². The Bertz CT molecular complexity index is 322. The zero-order valence-corrected chi connectivity index (χ0v) is 9.62. The molecule has 0 saturated heterocycles. The number of nitriles is 1. The van der Waals surface area contributed by atoms with Gasteiger partial charge >= 0.3 is 0 Å². The van der Waals surface area contributed by atoms with Crippen LogP contribution in [0.1, 0.15) is 63.4 Å². The minimum absolute atomic E-state index is 0.422. The van der Waals surface area contributed by atoms with Gasteiger partial charge in [-0.15, -0.1) is 0 Å². The molecule has 0 aliphatic heterocycles. The molecule has 0 N–H and O–H groups in total. The Hall–Kier alpha value is -1.23. The fraction of sp³-hybridized carbons (Fsp3) is 0.615. The van der Waals surface area contributed by atoms with Gasteiger partial charge < -0.3 is 4.42 Å². The van der Waals surface area contributed by atoms with Crippen molar-refractivity contribution in [2.45, 2.75) is 51.9 Å². The van der Waals surface area contributed by atoms with Gasteiger partial charge in [-0.1, -0.05) is 39.5 Å². The normalized spacial score (nSPS) is 12.3. The molecule has 1 aromatic rings. The van der Waals surface area contributed by atoms with Gasteiger partial charge in [0.15, 0.2) is 0 Å². The summed E-state index contributed by atoms with van der Waals surface area (Å²) in [6, 6.07) is 5.68. The number of hydrogen-bond acceptors (Lipinski definition) is 2. The fourth-order valence-electron chi connectivity index (χ4n) is 1.70. The van der Waals surface area contributed by atoms with Gasteiger partial charge in [0, 0.05) is 5.92 Å². The SMILES string of the molecule is CCCCCCC(C)c1ccc(C#N)o1. The van der Waals surface area contributed by atoms with Crippen molar-refractivity contribution >= 4 is 0 Å². The predicted molar refractivity (Wildman–Crippen MR) is 60.6 cm³/mol. The highest BCUT2D eigenvalue weighted by Gasteiger charge is 2.09. The summed E-state index contributed by atoms with van der Waals surface area (Å²) < 4.78 is 5.39. The molecule has 0 amide bonds. The monoisotopic (exact) mass is 205 g/mol. The molecular weight excluding hydrogens is 186 g/mol. The number of furan rings is 1. The van der Waals surface area contributed by atoms with E-state index in [1.54, 1.807) is 6.07 Å². The molecule has 0 radical (unpaired) electrons. The molecule has 15 heavy (non-hydrogen) atoms. The first-order valence-corrected chi connectivity index (χ1v) is 5.77. The van der Waals surface area contributed by atoms with Gasteiger partial charge in [0.1, 0.15) is 11.8 Å². The third kappa shape index (κ3) is 3.79. The van der Waals surface area contributed by atoms with E-state index in [0.29, 0.717) is 11.7 Å². The second kappa shape index (κ2) is 6.29. The summed E-state index contributed by atoms with van der Waals surface area (Å²) >= 11 is 0. The van der Waals surface area contributed by atoms with Crippen LogP contribution in [0.25, 0.3) is 0 Å². The highest BCUT2D eigenvalue weighted by molar-refractivity contribution is 5.20. The van der Waals surface area contributed by atoms with Crippen LogP contribution in [0.2, 0.25) is 0 Å². The van der Waals surface area contributed by atoms with E-state index in [2.05, 4.69) is 13.8 Å². The Morgan fingerprint density at radius 2 is 2.13 bits per heavy atom. The van der Waals surface area contributed by atoms with E-state index < -0.39 is 0 Å². The van der Waals surface area contributed by atoms with Gasteiger partial charge in [-0.25, -0.2) is 0 Å². The van der Waals surface area contributed by atoms with Gasteiger partial charge in [-0.3, -0.25) is 0 Å². The molecule has 0 aliphatic carbocycles. The maximum Gasteiger partial charge on any atom is 0.203 e. The minimum atomic E-state index is 0.422. The molecule has 2 nitrogen and oxygen atoms in total. The average molecular weight is 205 g/mol. The standard InChI is InChI=1S/C13H19NO/c1-3-4-5-6-7-11(2)13-9-8-12(10-14)15-13/h8-9,11H,3-7H2,1-2H3. The summed E-state index contributed by atoms with van der Waals surface area (Å²) in [6.45, 7) is 4.38. The zero-order valence-electron chi connectivity index (χ0n) is 9.62. The summed E-state index contributed by atoms with van der Waals surface area (Å²) in [5.74, 6) is 1.80. The van der Waals surface area contributed by atoms with Crippen LogP contribution >= 0.6 is 0 Å². The summed E-state index contributed by atoms with van der Waals surface area (Å²) in [7, 11) is 0. The first-order chi connectivity index (χ1) is 7.27. The average Bonchev–Trinajstić information content (AvgIpc) is 2.72. The number of hydrogen-bond donors (Lipinski definition) is 0. The Morgan fingerprint density at radius 3 is 2.73 bits per heavy atom. The van der Waals surface area contributed by atoms with E-state index in [4.69, 9.17) is 9.68 Å². The lowest BCUT2D eigenvalue weighted by Gasteiger charge is -2.07. The van der Waals surface area contributed by atoms with Crippen molar-refractivity contribution in [3.05, 3.63) is 23.7 Å². The van der Waals surface area contributed by atoms with Crippen molar-refractivity contribution in [3.63, 3.8) is 0 Å². The lowest BCUT2D eigenvalue weighted by Crippen LogP contribution is -1.91. The van der Waals surface area contributed by atoms with E-state index in [1.807, 2.05) is 12.1 Å². The minimum Gasteiger partial charge on any atom is -0.450 e. The first-order valence-electron chi connectivity index (χ1n) is 5.77. The summed E-state index contributed by atoms with van der Waals surface area (Å²) in [5.41, 5.74) is 0. The van der Waals surface area contributed by atoms with Gasteiger partial charge in [-0.2, -0.15) is 5.26 Å². The lowest BCUT2D eigenvalue weighted by atomic mass is 10.0. The van der Waals surface area contributed by atoms with Gasteiger partial charge in [-0.05, 0) is 18.6 Å². The molecule has 1 aromatic heterocycles. The molecular formula is C13H19NO. The molecule has 1 unspecified atom stereocenters. The van der Waals surface area contributed by atoms with Crippen molar-refractivity contribution in [1.82, 2.24) is 0 Å². The third-order valence-electron chi connectivity index (χ3n) is 2.71. The van der Waals surface area contributed by atoms with Crippen LogP contribution in [0.3, 0.4) is 0 Å². The first kappa shape index (κ1) is 11.8. The van der Waals surface area contributed by atoms with Crippen LogP contribution in [0, 0.1) is 11.3 Å². The molecule has 2 heteroatoms. The summed E-state index contributed by atoms with van der Waals surface area (Å²) in [6.07, 6.45) is 6.28. The Labute approximate surface area is 91.9 Å². The van der Waals surface area contributed by atoms with Crippen LogP contribution in [-0.2, 0) is 0 Å². The van der Waals surface area contributed by atoms with Crippen molar-refractivity contribution < 1.29 is 4.42 Å². The molecule has 1 heterocycles. The molecule has 0 aliphatic rings. The summed E-state index contributed by atoms with van der Waals surface area (Å²) in [5, 5.41) is 8.63. The van der Waals surface area contributed by atoms with Crippen LogP contribution in [0.4, 0.5) is 0 Å². The largest absolute Gasteiger partial charge is 0.450 e. The van der Waals surface area contributed by atoms with Crippen LogP contribution in [0.5, 0.6) is 0 Å². The number of unbranched alkanes of at least 4 members (excludes halogenated alkanes) is 3. The highest BCUT2D eigenvalue weighted by Crippen LogP contribution is 2.23. The van der Waals surface area contributed by atoms with Crippen molar-refractivity contribution in [2.75, 3.05) is 0 Å². The van der Waals surface area contributed by atoms with Crippen LogP contribution in [0.15, 0.2) is 16.5 Å². The molecule has 1 atom stereocenters. The van der Waals surface area contributed by atoms with E-state index in [-0.39, 0.29) is 0 Å². The lowest BCUT2D eigenvalue weighted by molar-refractivity contribution is 0.443. The Morgan fingerprint density at radius 1 is 1.33 bits per heavy atom. The fourth-order valence-corrected chi connectivity index (χ4v) is 1.70. The van der Waals surface area contributed by atoms with Crippen molar-refractivity contribution in [1.29, 1.82) is 5.26 Å². The molecule has 82 valence electrons. The topological polar surface area (TPSA) is 36.9 Å². The second-order valence-electron chi connectivity index (χ2n) is 4.06. The maximum atomic E-state index is 8.63. The number of nitrogens with zero attached hydrogens (tertiary/aromatic N) is 1. The maximum absolute atomic E-state index is 8.63. The van der Waals surface area contributed by atoms with E-state index in [0.717, 1.165) is 12.2 Å². The van der Waals surface area contributed by atoms with Gasteiger partial charge in [0.25, 0.3) is 0 Å². The van der Waals surface area contributed by atoms with E-state index >= 15 is 0 Å². The Balaban J connectivity index is 2.33. The highest BCUT2D eigenvalue weighted by atomic mass is 16.3. The van der Waals surface area contributed by atoms with Gasteiger partial charge in [0.05, 0.1) is 0 Å². The molecule has 1 rings (SSSR count). The van der Waals surface area contributed by atoms with Crippen molar-refractivity contribution in [2.24, 2.45) is 0 Å². The smallest absolute Gasteiger partial charge is 0.203 e. The quantitative estimate of drug-likeness (QED) is 0.652. The molecule has 0 aromatic carbocycles. The third-order valence-corrected chi connectivity index (χ3v) is 2.71. The van der Waals surface area contributed by atoms with E-state index in [9.17, 15) is 0 Å². The predicted octanol–water partition coefficient (Wildman–Crippen LogP) is 4.23. The van der Waals surface area contributed by atoms with Crippen LogP contribution < -0.4 is 0 Å². The van der Waals surface area contributed by atoms with Crippen molar-refractivity contribution in [3.8, 4) is 6.07 Å². The molecule has 0 fully saturated rings. The summed E-state index contributed by atoms with van der Waals surface area (Å²) in [4.78, 5) is 0. The molecule has 0 saturated carbocycles. The zero-order chi connectivity index (χ0) is 11.1. The molecule has 0 spiro atoms. The van der Waals surface area contributed by atoms with Gasteiger partial charge in [0.2, 0.25) is 5.76 Å². The Kier molecular flexibility index (Phi) is 4.97.